The van der Waals surface area contributed by atoms with Gasteiger partial charge >= 0.3 is 11.4 Å². The molecule has 0 amide bonds. The van der Waals surface area contributed by atoms with Crippen molar-refractivity contribution in [2.24, 2.45) is 0 Å². The maximum atomic E-state index is 10.2. The van der Waals surface area contributed by atoms with Gasteiger partial charge in [0, 0.05) is 16.2 Å². The van der Waals surface area contributed by atoms with E-state index in [9.17, 15) is 4.21 Å². The van der Waals surface area contributed by atoms with Crippen molar-refractivity contribution in [1.82, 2.24) is 0 Å². The largest absolute Gasteiger partial charge is 0.398 e. The van der Waals surface area contributed by atoms with Crippen molar-refractivity contribution in [1.29, 1.82) is 0 Å². The van der Waals surface area contributed by atoms with Gasteiger partial charge < -0.3 is 9.92 Å². The van der Waals surface area contributed by atoms with Crippen LogP contribution in [0.15, 0.2) is 22.7 Å². The summed E-state index contributed by atoms with van der Waals surface area (Å²) < 4.78 is 23.8. The monoisotopic (exact) mass is 251 g/mol. The highest BCUT2D eigenvalue weighted by Crippen LogP contribution is 2.24. The van der Waals surface area contributed by atoms with Crippen LogP contribution in [-0.4, -0.2) is 8.76 Å². The lowest BCUT2D eigenvalue weighted by Gasteiger charge is -2.01. The summed E-state index contributed by atoms with van der Waals surface area (Å²) in [6.07, 6.45) is 0. The van der Waals surface area contributed by atoms with E-state index in [1.165, 1.54) is 12.1 Å². The Labute approximate surface area is 80.3 Å². The van der Waals surface area contributed by atoms with E-state index >= 15 is 0 Å². The first-order valence-electron chi connectivity index (χ1n) is 2.94. The lowest BCUT2D eigenvalue weighted by atomic mass is 10.3. The molecule has 0 aromatic heterocycles. The molecule has 0 aliphatic carbocycles. The summed E-state index contributed by atoms with van der Waals surface area (Å²) in [4.78, 5) is 0. The highest BCUT2D eigenvalue weighted by atomic mass is 79.9. The van der Waals surface area contributed by atoms with Crippen LogP contribution in [0.3, 0.4) is 0 Å². The minimum atomic E-state index is -2.30. The Hall–Kier alpha value is -0.590. The number of nitrogens with two attached hydrogens (primary N) is 1. The first-order valence-corrected chi connectivity index (χ1v) is 4.76. The number of anilines is 1. The molecule has 0 radical (unpaired) electrons. The van der Waals surface area contributed by atoms with Crippen LogP contribution in [0.4, 0.5) is 5.69 Å². The molecule has 1 rings (SSSR count). The normalized spacial score (nSPS) is 12.5. The maximum Gasteiger partial charge on any atom is 0.357 e. The zero-order valence-electron chi connectivity index (χ0n) is 5.86. The molecule has 1 unspecified atom stereocenters. The van der Waals surface area contributed by atoms with Crippen LogP contribution in [0.2, 0.25) is 0 Å². The molecule has 0 bridgehead atoms. The van der Waals surface area contributed by atoms with Gasteiger partial charge in [0.1, 0.15) is 5.75 Å². The number of halogens is 1. The molecule has 0 fully saturated rings. The number of nitrogen functional groups attached to an aromatic ring is 1. The molecule has 0 spiro atoms. The number of rotatable bonds is 2. The SMILES string of the molecule is Nc1cc(OS(=O)O)ccc1Br. The van der Waals surface area contributed by atoms with E-state index in [-0.39, 0.29) is 5.75 Å². The second kappa shape index (κ2) is 3.88. The van der Waals surface area contributed by atoms with Crippen molar-refractivity contribution < 1.29 is 12.9 Å². The summed E-state index contributed by atoms with van der Waals surface area (Å²) in [5.41, 5.74) is 5.95. The molecule has 0 aliphatic heterocycles. The second-order valence-electron chi connectivity index (χ2n) is 1.98. The van der Waals surface area contributed by atoms with Gasteiger partial charge in [-0.1, -0.05) is 0 Å². The van der Waals surface area contributed by atoms with E-state index in [0.29, 0.717) is 5.69 Å². The van der Waals surface area contributed by atoms with Gasteiger partial charge in [-0.15, -0.1) is 0 Å². The molecule has 0 saturated heterocycles. The fourth-order valence-corrected chi connectivity index (χ4v) is 1.17. The van der Waals surface area contributed by atoms with E-state index in [2.05, 4.69) is 20.1 Å². The minimum Gasteiger partial charge on any atom is -0.398 e. The molecule has 1 aromatic carbocycles. The van der Waals surface area contributed by atoms with Crippen molar-refractivity contribution in [2.45, 2.75) is 0 Å². The van der Waals surface area contributed by atoms with Crippen LogP contribution < -0.4 is 9.92 Å². The van der Waals surface area contributed by atoms with Gasteiger partial charge in [-0.3, -0.25) is 4.55 Å². The summed E-state index contributed by atoms with van der Waals surface area (Å²) >= 11 is 0.874. The molecular formula is C6H6BrNO3S. The third-order valence-electron chi connectivity index (χ3n) is 1.13. The third kappa shape index (κ3) is 2.47. The van der Waals surface area contributed by atoms with Crippen molar-refractivity contribution in [3.63, 3.8) is 0 Å². The smallest absolute Gasteiger partial charge is 0.357 e. The first kappa shape index (κ1) is 9.50. The molecular weight excluding hydrogens is 246 g/mol. The molecule has 0 aliphatic rings. The van der Waals surface area contributed by atoms with Crippen LogP contribution in [0.1, 0.15) is 0 Å². The maximum absolute atomic E-state index is 10.2. The van der Waals surface area contributed by atoms with E-state index in [0.717, 1.165) is 4.47 Å². The van der Waals surface area contributed by atoms with Crippen LogP contribution >= 0.6 is 15.9 Å². The van der Waals surface area contributed by atoms with Crippen molar-refractivity contribution in [2.75, 3.05) is 5.73 Å². The Morgan fingerprint density at radius 3 is 2.75 bits per heavy atom. The lowest BCUT2D eigenvalue weighted by molar-refractivity contribution is 0.458. The molecule has 4 nitrogen and oxygen atoms in total. The van der Waals surface area contributed by atoms with Gasteiger partial charge in [0.25, 0.3) is 0 Å². The fraction of sp³-hybridized carbons (Fsp3) is 0. The number of benzene rings is 1. The number of hydrogen-bond acceptors (Lipinski definition) is 3. The molecule has 0 heterocycles. The van der Waals surface area contributed by atoms with Gasteiger partial charge in [0.2, 0.25) is 0 Å². The number of hydrogen-bond donors (Lipinski definition) is 2. The molecule has 66 valence electrons. The molecule has 12 heavy (non-hydrogen) atoms. The Morgan fingerprint density at radius 1 is 1.58 bits per heavy atom. The molecule has 0 saturated carbocycles. The quantitative estimate of drug-likeness (QED) is 0.618. The molecule has 3 N–H and O–H groups in total. The Kier molecular flexibility index (Phi) is 3.07. The zero-order valence-corrected chi connectivity index (χ0v) is 8.26. The highest BCUT2D eigenvalue weighted by Gasteiger charge is 2.00. The van der Waals surface area contributed by atoms with E-state index in [4.69, 9.17) is 10.3 Å². The summed E-state index contributed by atoms with van der Waals surface area (Å²) in [6.45, 7) is 0. The minimum absolute atomic E-state index is 0.261. The van der Waals surface area contributed by atoms with E-state index < -0.39 is 11.4 Å². The van der Waals surface area contributed by atoms with Crippen molar-refractivity contribution >= 4 is 33.0 Å². The second-order valence-corrected chi connectivity index (χ2v) is 3.44. The van der Waals surface area contributed by atoms with Crippen LogP contribution in [-0.2, 0) is 11.4 Å². The standard InChI is InChI=1S/C6H6BrNO3S/c7-5-2-1-4(3-6(5)8)11-12(9)10/h1-3H,8H2,(H,9,10). The highest BCUT2D eigenvalue weighted by molar-refractivity contribution is 9.10. The molecule has 1 atom stereocenters. The average Bonchev–Trinajstić information content (AvgIpc) is 1.96. The molecule has 6 heteroatoms. The fourth-order valence-electron chi connectivity index (χ4n) is 0.656. The van der Waals surface area contributed by atoms with Crippen LogP contribution in [0.25, 0.3) is 0 Å². The Balaban J connectivity index is 2.89. The lowest BCUT2D eigenvalue weighted by Crippen LogP contribution is -1.98. The van der Waals surface area contributed by atoms with E-state index in [1.54, 1.807) is 6.07 Å². The van der Waals surface area contributed by atoms with Crippen LogP contribution in [0.5, 0.6) is 5.75 Å². The van der Waals surface area contributed by atoms with Gasteiger partial charge in [-0.2, -0.15) is 4.21 Å². The van der Waals surface area contributed by atoms with Gasteiger partial charge in [-0.25, -0.2) is 0 Å². The van der Waals surface area contributed by atoms with Gasteiger partial charge in [0.05, 0.1) is 0 Å². The van der Waals surface area contributed by atoms with Gasteiger partial charge in [0.15, 0.2) is 0 Å². The molecule has 1 aromatic rings. The van der Waals surface area contributed by atoms with Crippen molar-refractivity contribution in [3.8, 4) is 5.75 Å². The average molecular weight is 252 g/mol. The van der Waals surface area contributed by atoms with Crippen LogP contribution in [0, 0.1) is 0 Å². The Morgan fingerprint density at radius 2 is 2.25 bits per heavy atom. The summed E-state index contributed by atoms with van der Waals surface area (Å²) in [7, 11) is 0. The van der Waals surface area contributed by atoms with Crippen molar-refractivity contribution in [3.05, 3.63) is 22.7 Å². The van der Waals surface area contributed by atoms with E-state index in [1.807, 2.05) is 0 Å². The zero-order chi connectivity index (χ0) is 9.14. The summed E-state index contributed by atoms with van der Waals surface area (Å²) in [5, 5.41) is 0. The predicted molar refractivity (Wildman–Crippen MR) is 50.0 cm³/mol. The predicted octanol–water partition coefficient (Wildman–Crippen LogP) is 1.55. The summed E-state index contributed by atoms with van der Waals surface area (Å²) in [6, 6.07) is 4.63. The first-order chi connectivity index (χ1) is 5.59. The summed E-state index contributed by atoms with van der Waals surface area (Å²) in [5.74, 6) is 0.261. The Bertz CT molecular complexity index is 318. The third-order valence-corrected chi connectivity index (χ3v) is 2.19. The van der Waals surface area contributed by atoms with Gasteiger partial charge in [-0.05, 0) is 28.1 Å². The topological polar surface area (TPSA) is 72.5 Å².